The van der Waals surface area contributed by atoms with Gasteiger partial charge in [0.25, 0.3) is 0 Å². The molecule has 96 valence electrons. The molecule has 3 rings (SSSR count). The number of carbonyl (C=O) groups is 1. The van der Waals surface area contributed by atoms with Gasteiger partial charge in [-0.3, -0.25) is 4.79 Å². The Morgan fingerprint density at radius 3 is 2.58 bits per heavy atom. The molecule has 1 aliphatic heterocycles. The number of likely N-dealkylation sites (N-methyl/N-ethyl adjacent to an activating group) is 1. The monoisotopic (exact) mass is 271 g/mol. The van der Waals surface area contributed by atoms with E-state index in [4.69, 9.17) is 11.6 Å². The van der Waals surface area contributed by atoms with Crippen LogP contribution in [0, 0.1) is 0 Å². The van der Waals surface area contributed by atoms with E-state index in [9.17, 15) is 4.79 Å². The van der Waals surface area contributed by atoms with Crippen LogP contribution >= 0.6 is 11.6 Å². The Bertz CT molecular complexity index is 624. The summed E-state index contributed by atoms with van der Waals surface area (Å²) in [6.07, 6.45) is 0. The molecule has 3 heteroatoms. The molecular weight excluding hydrogens is 258 g/mol. The Kier molecular flexibility index (Phi) is 3.03. The summed E-state index contributed by atoms with van der Waals surface area (Å²) in [5, 5.41) is 0.734. The van der Waals surface area contributed by atoms with Gasteiger partial charge >= 0.3 is 0 Å². The Hall–Kier alpha value is -1.80. The maximum Gasteiger partial charge on any atom is 0.234 e. The predicted octanol–water partition coefficient (Wildman–Crippen LogP) is 3.44. The highest BCUT2D eigenvalue weighted by molar-refractivity contribution is 6.31. The summed E-state index contributed by atoms with van der Waals surface area (Å²) in [5.41, 5.74) is 3.10. The number of benzene rings is 2. The number of hydrogen-bond donors (Lipinski definition) is 0. The fourth-order valence-electron chi connectivity index (χ4n) is 2.65. The second kappa shape index (κ2) is 4.71. The number of rotatable bonds is 1. The summed E-state index contributed by atoms with van der Waals surface area (Å²) < 4.78 is 0. The predicted molar refractivity (Wildman–Crippen MR) is 76.2 cm³/mol. The molecule has 0 bridgehead atoms. The van der Waals surface area contributed by atoms with Crippen LogP contribution < -0.4 is 0 Å². The van der Waals surface area contributed by atoms with Crippen LogP contribution in [0.4, 0.5) is 0 Å². The minimum atomic E-state index is -0.242. The summed E-state index contributed by atoms with van der Waals surface area (Å²) in [4.78, 5) is 14.2. The van der Waals surface area contributed by atoms with Crippen molar-refractivity contribution >= 4 is 17.5 Å². The van der Waals surface area contributed by atoms with Crippen molar-refractivity contribution in [3.63, 3.8) is 0 Å². The van der Waals surface area contributed by atoms with Gasteiger partial charge in [0.05, 0.1) is 5.92 Å². The van der Waals surface area contributed by atoms with Gasteiger partial charge in [-0.1, -0.05) is 54.1 Å². The molecule has 0 saturated heterocycles. The average molecular weight is 272 g/mol. The lowest BCUT2D eigenvalue weighted by Gasteiger charge is -2.32. The van der Waals surface area contributed by atoms with E-state index in [2.05, 4.69) is 0 Å². The van der Waals surface area contributed by atoms with Crippen LogP contribution in [0.25, 0.3) is 0 Å². The normalized spacial score (nSPS) is 18.3. The van der Waals surface area contributed by atoms with Gasteiger partial charge in [0.1, 0.15) is 0 Å². The first kappa shape index (κ1) is 12.2. The average Bonchev–Trinajstić information content (AvgIpc) is 2.42. The molecule has 0 aromatic heterocycles. The topological polar surface area (TPSA) is 20.3 Å². The van der Waals surface area contributed by atoms with Gasteiger partial charge in [-0.25, -0.2) is 0 Å². The number of halogens is 1. The molecule has 1 amide bonds. The Morgan fingerprint density at radius 1 is 1.11 bits per heavy atom. The molecule has 1 atom stereocenters. The Labute approximate surface area is 117 Å². The van der Waals surface area contributed by atoms with Gasteiger partial charge in [0.15, 0.2) is 0 Å². The van der Waals surface area contributed by atoms with Gasteiger partial charge in [0.2, 0.25) is 5.91 Å². The van der Waals surface area contributed by atoms with Gasteiger partial charge < -0.3 is 4.90 Å². The number of nitrogens with zero attached hydrogens (tertiary/aromatic N) is 1. The second-order valence-electron chi connectivity index (χ2n) is 4.85. The van der Waals surface area contributed by atoms with E-state index >= 15 is 0 Å². The number of amides is 1. The minimum Gasteiger partial charge on any atom is -0.341 e. The van der Waals surface area contributed by atoms with Gasteiger partial charge in [-0.05, 0) is 22.8 Å². The summed E-state index contributed by atoms with van der Waals surface area (Å²) in [5.74, 6) is -0.116. The summed E-state index contributed by atoms with van der Waals surface area (Å²) in [6, 6.07) is 15.7. The first-order valence-electron chi connectivity index (χ1n) is 6.25. The van der Waals surface area contributed by atoms with E-state index in [-0.39, 0.29) is 11.8 Å². The van der Waals surface area contributed by atoms with Crippen molar-refractivity contribution in [1.82, 2.24) is 4.90 Å². The maximum absolute atomic E-state index is 12.5. The lowest BCUT2D eigenvalue weighted by atomic mass is 9.84. The van der Waals surface area contributed by atoms with Crippen LogP contribution in [0.15, 0.2) is 48.5 Å². The highest BCUT2D eigenvalue weighted by Crippen LogP contribution is 2.36. The maximum atomic E-state index is 12.5. The largest absolute Gasteiger partial charge is 0.341 e. The fourth-order valence-corrected chi connectivity index (χ4v) is 2.89. The van der Waals surface area contributed by atoms with Crippen molar-refractivity contribution in [3.05, 3.63) is 70.2 Å². The molecule has 0 aliphatic carbocycles. The number of hydrogen-bond acceptors (Lipinski definition) is 1. The third kappa shape index (κ3) is 2.02. The van der Waals surface area contributed by atoms with Crippen LogP contribution in [0.2, 0.25) is 5.02 Å². The molecule has 0 N–H and O–H groups in total. The van der Waals surface area contributed by atoms with Crippen LogP contribution in [-0.4, -0.2) is 17.9 Å². The van der Waals surface area contributed by atoms with Crippen LogP contribution in [-0.2, 0) is 11.3 Å². The number of fused-ring (bicyclic) bond motifs is 1. The smallest absolute Gasteiger partial charge is 0.234 e. The minimum absolute atomic E-state index is 0.126. The van der Waals surface area contributed by atoms with E-state index in [0.717, 1.165) is 21.7 Å². The van der Waals surface area contributed by atoms with Crippen molar-refractivity contribution in [2.24, 2.45) is 0 Å². The van der Waals surface area contributed by atoms with E-state index in [1.807, 2.05) is 55.6 Å². The van der Waals surface area contributed by atoms with Gasteiger partial charge in [-0.15, -0.1) is 0 Å². The molecule has 2 aromatic rings. The lowest BCUT2D eigenvalue weighted by Crippen LogP contribution is -2.37. The van der Waals surface area contributed by atoms with Crippen molar-refractivity contribution in [3.8, 4) is 0 Å². The van der Waals surface area contributed by atoms with E-state index < -0.39 is 0 Å². The Morgan fingerprint density at radius 2 is 1.84 bits per heavy atom. The van der Waals surface area contributed by atoms with E-state index in [1.54, 1.807) is 4.90 Å². The molecule has 1 unspecified atom stereocenters. The van der Waals surface area contributed by atoms with Gasteiger partial charge in [-0.2, -0.15) is 0 Å². The van der Waals surface area contributed by atoms with Crippen LogP contribution in [0.3, 0.4) is 0 Å². The second-order valence-corrected chi connectivity index (χ2v) is 5.25. The quantitative estimate of drug-likeness (QED) is 0.778. The molecule has 19 heavy (non-hydrogen) atoms. The molecular formula is C16H14ClNO. The molecule has 0 saturated carbocycles. The highest BCUT2D eigenvalue weighted by atomic mass is 35.5. The third-order valence-electron chi connectivity index (χ3n) is 3.62. The third-order valence-corrected chi connectivity index (χ3v) is 3.97. The standard InChI is InChI=1S/C16H14ClNO/c1-18-10-13-12(8-5-9-14(13)17)15(16(18)19)11-6-3-2-4-7-11/h2-9,15H,10H2,1H3. The SMILES string of the molecule is CN1Cc2c(Cl)cccc2C(c2ccccc2)C1=O. The first-order chi connectivity index (χ1) is 9.18. The first-order valence-corrected chi connectivity index (χ1v) is 6.63. The van der Waals surface area contributed by atoms with Crippen molar-refractivity contribution in [2.75, 3.05) is 7.05 Å². The van der Waals surface area contributed by atoms with E-state index in [1.165, 1.54) is 0 Å². The van der Waals surface area contributed by atoms with Crippen LogP contribution in [0.1, 0.15) is 22.6 Å². The zero-order valence-corrected chi connectivity index (χ0v) is 11.4. The number of carbonyl (C=O) groups excluding carboxylic acids is 1. The van der Waals surface area contributed by atoms with E-state index in [0.29, 0.717) is 6.54 Å². The highest BCUT2D eigenvalue weighted by Gasteiger charge is 2.33. The Balaban J connectivity index is 2.19. The summed E-state index contributed by atoms with van der Waals surface area (Å²) in [6.45, 7) is 0.581. The molecule has 0 spiro atoms. The summed E-state index contributed by atoms with van der Waals surface area (Å²) >= 11 is 6.27. The lowest BCUT2D eigenvalue weighted by molar-refractivity contribution is -0.131. The van der Waals surface area contributed by atoms with Crippen LogP contribution in [0.5, 0.6) is 0 Å². The molecule has 1 aliphatic rings. The zero-order valence-electron chi connectivity index (χ0n) is 10.6. The van der Waals surface area contributed by atoms with Gasteiger partial charge in [0, 0.05) is 18.6 Å². The molecule has 2 nitrogen and oxygen atoms in total. The summed E-state index contributed by atoms with van der Waals surface area (Å²) in [7, 11) is 1.82. The fraction of sp³-hybridized carbons (Fsp3) is 0.188. The van der Waals surface area contributed by atoms with Crippen molar-refractivity contribution < 1.29 is 4.79 Å². The van der Waals surface area contributed by atoms with Crippen molar-refractivity contribution in [2.45, 2.75) is 12.5 Å². The molecule has 1 heterocycles. The molecule has 0 fully saturated rings. The molecule has 2 aromatic carbocycles. The van der Waals surface area contributed by atoms with Crippen molar-refractivity contribution in [1.29, 1.82) is 0 Å². The molecule has 0 radical (unpaired) electrons. The zero-order chi connectivity index (χ0) is 13.4.